The van der Waals surface area contributed by atoms with Crippen molar-refractivity contribution in [2.75, 3.05) is 6.61 Å². The molecule has 0 bridgehead atoms. The third-order valence-electron chi connectivity index (χ3n) is 5.25. The van der Waals surface area contributed by atoms with E-state index in [4.69, 9.17) is 9.84 Å². The maximum Gasteiger partial charge on any atom is 0.330 e. The summed E-state index contributed by atoms with van der Waals surface area (Å²) in [5.41, 5.74) is 2.38. The van der Waals surface area contributed by atoms with Crippen LogP contribution >= 0.6 is 0 Å². The van der Waals surface area contributed by atoms with Gasteiger partial charge in [0.05, 0.1) is 6.61 Å². The van der Waals surface area contributed by atoms with Gasteiger partial charge in [0.1, 0.15) is 5.75 Å². The molecule has 33 heavy (non-hydrogen) atoms. The number of unbranched alkanes of at least 4 members (excludes halogenated alkanes) is 2. The quantitative estimate of drug-likeness (QED) is 0.224. The molecule has 0 aliphatic rings. The summed E-state index contributed by atoms with van der Waals surface area (Å²) in [7, 11) is 0. The Balaban J connectivity index is 0.000000684. The molecule has 5 heteroatoms. The number of aryl methyl sites for hydroxylation is 1. The summed E-state index contributed by atoms with van der Waals surface area (Å²) in [6.07, 6.45) is 6.39. The number of carbonyl (C=O) groups is 2. The molecular formula is C28H46O5. The van der Waals surface area contributed by atoms with Crippen LogP contribution < -0.4 is 0 Å². The maximum atomic E-state index is 10.8. The lowest BCUT2D eigenvalue weighted by atomic mass is 9.78. The summed E-state index contributed by atoms with van der Waals surface area (Å²) in [5, 5.41) is 19.4. The van der Waals surface area contributed by atoms with E-state index in [0.717, 1.165) is 35.4 Å². The highest BCUT2D eigenvalue weighted by Crippen LogP contribution is 2.39. The van der Waals surface area contributed by atoms with Gasteiger partial charge in [-0.2, -0.15) is 0 Å². The van der Waals surface area contributed by atoms with Crippen LogP contribution in [0.5, 0.6) is 5.75 Å². The van der Waals surface area contributed by atoms with Crippen molar-refractivity contribution < 1.29 is 24.5 Å². The number of rotatable bonds is 10. The fraction of sp³-hybridized carbons (Fsp3) is 0.643. The number of hydrogen-bond donors (Lipinski definition) is 2. The number of aromatic hydroxyl groups is 1. The second kappa shape index (κ2) is 14.1. The number of carboxylic acids is 1. The summed E-state index contributed by atoms with van der Waals surface area (Å²) in [6.45, 7) is 20.6. The van der Waals surface area contributed by atoms with Crippen LogP contribution in [0.25, 0.3) is 0 Å². The number of phenols is 1. The molecule has 5 nitrogen and oxygen atoms in total. The molecule has 188 valence electrons. The smallest absolute Gasteiger partial charge is 0.330 e. The number of carboxylic acid groups (broad SMARTS) is 1. The highest BCUT2D eigenvalue weighted by atomic mass is 16.5. The molecule has 0 heterocycles. The Morgan fingerprint density at radius 3 is 1.91 bits per heavy atom. The van der Waals surface area contributed by atoms with Crippen molar-refractivity contribution in [3.8, 4) is 5.75 Å². The Bertz CT molecular complexity index is 728. The van der Waals surface area contributed by atoms with Crippen LogP contribution in [0.15, 0.2) is 24.8 Å². The molecule has 0 aliphatic heterocycles. The first-order valence-electron chi connectivity index (χ1n) is 12.0. The summed E-state index contributed by atoms with van der Waals surface area (Å²) >= 11 is 0. The molecular weight excluding hydrogens is 416 g/mol. The number of ether oxygens (including phenoxy) is 1. The van der Waals surface area contributed by atoms with E-state index in [9.17, 15) is 14.7 Å². The van der Waals surface area contributed by atoms with E-state index in [1.54, 1.807) is 0 Å². The zero-order valence-corrected chi connectivity index (χ0v) is 22.1. The second-order valence-corrected chi connectivity index (χ2v) is 11.0. The second-order valence-electron chi connectivity index (χ2n) is 11.0. The van der Waals surface area contributed by atoms with Crippen molar-refractivity contribution in [1.29, 1.82) is 0 Å². The Hall–Kier alpha value is -2.30. The number of esters is 1. The summed E-state index contributed by atoms with van der Waals surface area (Å²) in [6, 6.07) is 3.88. The van der Waals surface area contributed by atoms with E-state index in [0.29, 0.717) is 18.8 Å². The van der Waals surface area contributed by atoms with E-state index in [-0.39, 0.29) is 23.2 Å². The molecule has 1 aromatic rings. The summed E-state index contributed by atoms with van der Waals surface area (Å²) in [5.74, 6) is -0.00338. The zero-order chi connectivity index (χ0) is 25.8. The summed E-state index contributed by atoms with van der Waals surface area (Å²) in [4.78, 5) is 21.4. The number of phenolic OH excluding ortho intramolecular Hbond substituents is 1. The molecule has 0 saturated heterocycles. The normalized spacial score (nSPS) is 11.5. The van der Waals surface area contributed by atoms with E-state index in [1.165, 1.54) is 18.9 Å². The van der Waals surface area contributed by atoms with Gasteiger partial charge < -0.3 is 14.9 Å². The van der Waals surface area contributed by atoms with Gasteiger partial charge in [0.2, 0.25) is 0 Å². The fourth-order valence-corrected chi connectivity index (χ4v) is 3.30. The van der Waals surface area contributed by atoms with Gasteiger partial charge in [-0.25, -0.2) is 4.79 Å². The van der Waals surface area contributed by atoms with Gasteiger partial charge in [-0.15, -0.1) is 0 Å². The highest BCUT2D eigenvalue weighted by molar-refractivity contribution is 5.81. The molecule has 0 unspecified atom stereocenters. The third-order valence-corrected chi connectivity index (χ3v) is 5.25. The molecule has 1 rings (SSSR count). The van der Waals surface area contributed by atoms with Gasteiger partial charge in [-0.05, 0) is 46.3 Å². The molecule has 0 aliphatic carbocycles. The molecule has 2 N–H and O–H groups in total. The van der Waals surface area contributed by atoms with Crippen LogP contribution in [0.2, 0.25) is 0 Å². The van der Waals surface area contributed by atoms with Crippen molar-refractivity contribution >= 4 is 11.9 Å². The van der Waals surface area contributed by atoms with Gasteiger partial charge >= 0.3 is 11.9 Å². The van der Waals surface area contributed by atoms with E-state index >= 15 is 0 Å². The minimum atomic E-state index is -0.798. The third kappa shape index (κ3) is 13.1. The Labute approximate surface area is 201 Å². The lowest BCUT2D eigenvalue weighted by Crippen LogP contribution is -2.18. The Kier molecular flexibility index (Phi) is 13.1. The average Bonchev–Trinajstić information content (AvgIpc) is 2.67. The lowest BCUT2D eigenvalue weighted by molar-refractivity contribution is -0.138. The number of aliphatic carboxylic acids is 1. The van der Waals surface area contributed by atoms with Gasteiger partial charge in [0, 0.05) is 12.5 Å². The topological polar surface area (TPSA) is 83.8 Å². The molecule has 0 radical (unpaired) electrons. The Morgan fingerprint density at radius 2 is 1.52 bits per heavy atom. The van der Waals surface area contributed by atoms with Crippen molar-refractivity contribution in [3.63, 3.8) is 0 Å². The predicted octanol–water partition coefficient (Wildman–Crippen LogP) is 6.94. The monoisotopic (exact) mass is 462 g/mol. The van der Waals surface area contributed by atoms with Crippen molar-refractivity contribution in [2.45, 2.75) is 105 Å². The van der Waals surface area contributed by atoms with Gasteiger partial charge in [0.15, 0.2) is 0 Å². The largest absolute Gasteiger partial charge is 0.507 e. The standard InChI is InChI=1S/C17H26O3.C11H20O2/c1-16(2,3)12-9-11(7-8-14(18)19)10-13(15(12)20)17(4,5)6;1-4-11(12)13-9-7-5-6-8-10(2)3/h9-10,20H,7-8H2,1-6H3,(H,18,19);4,10H,1,5-9H2,2-3H3. The highest BCUT2D eigenvalue weighted by Gasteiger charge is 2.26. The molecule has 1 aromatic carbocycles. The fourth-order valence-electron chi connectivity index (χ4n) is 3.30. The zero-order valence-electron chi connectivity index (χ0n) is 22.1. The van der Waals surface area contributed by atoms with E-state index in [1.807, 2.05) is 12.1 Å². The van der Waals surface area contributed by atoms with Crippen LogP contribution in [0.4, 0.5) is 0 Å². The molecule has 0 spiro atoms. The first kappa shape index (κ1) is 30.7. The van der Waals surface area contributed by atoms with Gasteiger partial charge in [-0.3, -0.25) is 4.79 Å². The van der Waals surface area contributed by atoms with Gasteiger partial charge in [0.25, 0.3) is 0 Å². The summed E-state index contributed by atoms with van der Waals surface area (Å²) < 4.78 is 4.84. The average molecular weight is 463 g/mol. The molecule has 0 atom stereocenters. The van der Waals surface area contributed by atoms with Crippen LogP contribution in [0.1, 0.15) is 104 Å². The number of carbonyl (C=O) groups excluding carboxylic acids is 1. The first-order valence-corrected chi connectivity index (χ1v) is 12.0. The minimum Gasteiger partial charge on any atom is -0.507 e. The number of hydrogen-bond acceptors (Lipinski definition) is 4. The van der Waals surface area contributed by atoms with E-state index < -0.39 is 5.97 Å². The van der Waals surface area contributed by atoms with Crippen LogP contribution in [-0.2, 0) is 31.6 Å². The SMILES string of the molecule is C=CC(=O)OCCCCCC(C)C.CC(C)(C)c1cc(CCC(=O)O)cc(C(C)(C)C)c1O. The minimum absolute atomic E-state index is 0.109. The van der Waals surface area contributed by atoms with E-state index in [2.05, 4.69) is 62.0 Å². The van der Waals surface area contributed by atoms with Crippen LogP contribution in [0.3, 0.4) is 0 Å². The molecule has 0 saturated carbocycles. The van der Waals surface area contributed by atoms with Crippen LogP contribution in [-0.4, -0.2) is 28.8 Å². The van der Waals surface area contributed by atoms with Crippen molar-refractivity contribution in [3.05, 3.63) is 41.5 Å². The predicted molar refractivity (Wildman–Crippen MR) is 136 cm³/mol. The molecule has 0 fully saturated rings. The Morgan fingerprint density at radius 1 is 1.00 bits per heavy atom. The molecule has 0 amide bonds. The van der Waals surface area contributed by atoms with Gasteiger partial charge in [-0.1, -0.05) is 93.4 Å². The first-order chi connectivity index (χ1) is 15.1. The van der Waals surface area contributed by atoms with Crippen molar-refractivity contribution in [2.24, 2.45) is 5.92 Å². The lowest BCUT2D eigenvalue weighted by Gasteiger charge is -2.28. The van der Waals surface area contributed by atoms with Crippen LogP contribution in [0, 0.1) is 5.92 Å². The van der Waals surface area contributed by atoms with Crippen molar-refractivity contribution in [1.82, 2.24) is 0 Å². The maximum absolute atomic E-state index is 10.8. The molecule has 0 aromatic heterocycles. The number of benzene rings is 1.